The van der Waals surface area contributed by atoms with Gasteiger partial charge in [-0.3, -0.25) is 24.8 Å². The average Bonchev–Trinajstić information content (AvgIpc) is 3.97. The van der Waals surface area contributed by atoms with Crippen LogP contribution >= 0.6 is 0 Å². The first-order chi connectivity index (χ1) is 33.4. The van der Waals surface area contributed by atoms with E-state index in [0.717, 1.165) is 60.9 Å². The quantitative estimate of drug-likeness (QED) is 0.0826. The Labute approximate surface area is 400 Å². The Kier molecular flexibility index (Phi) is 11.5. The van der Waals surface area contributed by atoms with Gasteiger partial charge in [-0.05, 0) is 117 Å². The van der Waals surface area contributed by atoms with Crippen molar-refractivity contribution in [2.45, 2.75) is 81.3 Å². The number of ether oxygens (including phenoxy) is 2. The second kappa shape index (κ2) is 17.8. The van der Waals surface area contributed by atoms with Gasteiger partial charge < -0.3 is 29.6 Å². The summed E-state index contributed by atoms with van der Waals surface area (Å²) in [5, 5.41) is 16.4. The number of nitrogens with zero attached hydrogens (tertiary/aromatic N) is 6. The van der Waals surface area contributed by atoms with Crippen molar-refractivity contribution in [3.05, 3.63) is 136 Å². The van der Waals surface area contributed by atoms with E-state index in [-0.39, 0.29) is 35.1 Å². The van der Waals surface area contributed by atoms with Gasteiger partial charge in [0.25, 0.3) is 21.6 Å². The first-order valence-corrected chi connectivity index (χ1v) is 25.4. The average molecular weight is 950 g/mol. The number of H-pyrrole nitrogens is 1. The summed E-state index contributed by atoms with van der Waals surface area (Å²) in [4.78, 5) is 45.2. The topological polar surface area (TPSA) is 188 Å². The summed E-state index contributed by atoms with van der Waals surface area (Å²) in [5.74, 6) is -0.501. The number of aromatic amines is 1. The van der Waals surface area contributed by atoms with Crippen LogP contribution in [0.5, 0.6) is 11.6 Å². The Bertz CT molecular complexity index is 3090. The molecule has 3 aromatic heterocycles. The van der Waals surface area contributed by atoms with E-state index in [1.165, 1.54) is 42.9 Å². The van der Waals surface area contributed by atoms with E-state index in [1.54, 1.807) is 24.5 Å². The van der Waals surface area contributed by atoms with Crippen LogP contribution in [-0.4, -0.2) is 90.6 Å². The number of allylic oxidation sites excluding steroid dienone is 1. The molecule has 1 saturated carbocycles. The lowest BCUT2D eigenvalue weighted by Gasteiger charge is -2.56. The fourth-order valence-electron chi connectivity index (χ4n) is 11.4. The number of nitrogens with one attached hydrogen (secondary N) is 3. The molecule has 1 amide bonds. The van der Waals surface area contributed by atoms with Gasteiger partial charge in [0, 0.05) is 79.4 Å². The SMILES string of the molecule is C=C(C)c1ccccc1[C@@H]1CCCN1C1CC2(CCN(c3ccc(C(=O)NS(=O)(=O)c4cc5c(c([N+](=O)[O-])c4)N[C@@H](Cc4ccccn4)CO5)c(N4CCCOc5nc6[nH]ccc6cc54)c3)CC2)C1. The lowest BCUT2D eigenvalue weighted by molar-refractivity contribution is -0.384. The Hall–Kier alpha value is -6.98. The fraction of sp³-hybridized carbons (Fsp3) is 0.365. The molecule has 1 aliphatic carbocycles. The van der Waals surface area contributed by atoms with Gasteiger partial charge in [0.15, 0.2) is 11.4 Å². The maximum Gasteiger partial charge on any atom is 0.297 e. The van der Waals surface area contributed by atoms with Gasteiger partial charge in [-0.2, -0.15) is 4.98 Å². The van der Waals surface area contributed by atoms with Crippen LogP contribution in [0.25, 0.3) is 16.6 Å². The normalized spacial score (nSPS) is 20.2. The molecule has 1 spiro atoms. The van der Waals surface area contributed by atoms with E-state index < -0.39 is 31.4 Å². The summed E-state index contributed by atoms with van der Waals surface area (Å²) >= 11 is 0. The van der Waals surface area contributed by atoms with Crippen molar-refractivity contribution >= 4 is 61.0 Å². The van der Waals surface area contributed by atoms with Crippen molar-refractivity contribution < 1.29 is 27.6 Å². The number of hydrogen-bond donors (Lipinski definition) is 3. The molecule has 2 saturated heterocycles. The summed E-state index contributed by atoms with van der Waals surface area (Å²) in [7, 11) is -4.67. The van der Waals surface area contributed by atoms with Crippen molar-refractivity contribution in [2.75, 3.05) is 54.5 Å². The van der Waals surface area contributed by atoms with E-state index in [1.807, 2.05) is 41.3 Å². The summed E-state index contributed by atoms with van der Waals surface area (Å²) in [5.41, 5.74) is 7.22. The molecule has 0 bridgehead atoms. The number of hydrogen-bond acceptors (Lipinski definition) is 13. The molecule has 0 unspecified atom stereocenters. The van der Waals surface area contributed by atoms with Gasteiger partial charge in [-0.1, -0.05) is 42.5 Å². The van der Waals surface area contributed by atoms with Gasteiger partial charge in [0.2, 0.25) is 5.88 Å². The number of anilines is 4. The Morgan fingerprint density at radius 1 is 0.957 bits per heavy atom. The maximum absolute atomic E-state index is 14.5. The van der Waals surface area contributed by atoms with Gasteiger partial charge in [0.1, 0.15) is 17.9 Å². The van der Waals surface area contributed by atoms with Crippen molar-refractivity contribution in [1.29, 1.82) is 0 Å². The number of rotatable bonds is 11. The number of likely N-dealkylation sites (tertiary alicyclic amines) is 1. The number of nitro benzene ring substituents is 1. The third-order valence-electron chi connectivity index (χ3n) is 14.9. The van der Waals surface area contributed by atoms with Gasteiger partial charge in [-0.15, -0.1) is 0 Å². The van der Waals surface area contributed by atoms with Gasteiger partial charge in [-0.25, -0.2) is 13.1 Å². The summed E-state index contributed by atoms with van der Waals surface area (Å²) < 4.78 is 42.7. The largest absolute Gasteiger partial charge is 0.489 e. The first kappa shape index (κ1) is 44.5. The van der Waals surface area contributed by atoms with E-state index in [9.17, 15) is 23.3 Å². The number of aromatic nitrogens is 3. The van der Waals surface area contributed by atoms with E-state index >= 15 is 0 Å². The van der Waals surface area contributed by atoms with Crippen LogP contribution in [-0.2, 0) is 16.4 Å². The van der Waals surface area contributed by atoms with E-state index in [2.05, 4.69) is 67.6 Å². The zero-order valence-electron chi connectivity index (χ0n) is 38.5. The second-order valence-electron chi connectivity index (χ2n) is 19.3. The maximum atomic E-state index is 14.5. The Morgan fingerprint density at radius 3 is 2.58 bits per heavy atom. The third-order valence-corrected chi connectivity index (χ3v) is 16.2. The zero-order valence-corrected chi connectivity index (χ0v) is 39.3. The predicted octanol–water partition coefficient (Wildman–Crippen LogP) is 8.94. The molecular weight excluding hydrogens is 895 g/mol. The number of fused-ring (bicyclic) bond motifs is 3. The number of amides is 1. The van der Waals surface area contributed by atoms with Crippen molar-refractivity contribution in [3.8, 4) is 11.6 Å². The lowest BCUT2D eigenvalue weighted by atomic mass is 9.59. The Balaban J connectivity index is 0.855. The highest BCUT2D eigenvalue weighted by molar-refractivity contribution is 7.90. The zero-order chi connectivity index (χ0) is 47.4. The number of nitro groups is 1. The molecule has 4 aliphatic heterocycles. The van der Waals surface area contributed by atoms with E-state index in [0.29, 0.717) is 61.0 Å². The number of sulfonamides is 1. The van der Waals surface area contributed by atoms with Crippen LogP contribution in [0.2, 0.25) is 0 Å². The smallest absolute Gasteiger partial charge is 0.297 e. The molecule has 16 nitrogen and oxygen atoms in total. The van der Waals surface area contributed by atoms with Gasteiger partial charge in [0.05, 0.1) is 33.7 Å². The molecule has 11 rings (SSSR count). The van der Waals surface area contributed by atoms with Crippen molar-refractivity contribution in [2.24, 2.45) is 5.41 Å². The van der Waals surface area contributed by atoms with Crippen molar-refractivity contribution in [3.63, 3.8) is 0 Å². The molecule has 0 radical (unpaired) electrons. The third kappa shape index (κ3) is 8.51. The van der Waals surface area contributed by atoms with Crippen LogP contribution < -0.4 is 29.3 Å². The molecule has 7 heterocycles. The molecule has 5 aliphatic rings. The van der Waals surface area contributed by atoms with Gasteiger partial charge >= 0.3 is 0 Å². The number of benzene rings is 3. The first-order valence-electron chi connectivity index (χ1n) is 23.9. The molecule has 6 aromatic rings. The second-order valence-corrected chi connectivity index (χ2v) is 21.0. The van der Waals surface area contributed by atoms with E-state index in [4.69, 9.17) is 14.5 Å². The minimum atomic E-state index is -4.67. The predicted molar refractivity (Wildman–Crippen MR) is 265 cm³/mol. The standard InChI is InChI=1S/C52H55N9O7S/c1-33(2)40-10-3-4-11-41(40)43-12-7-20-59(43)38-30-52(31-38)16-22-58(23-17-52)37-13-14-42(44(27-37)60-21-8-24-67-51-46(60)25-34-15-19-54-49(34)56-51)50(62)57-69(65,66)39-28-45(61(63)64)48-47(29-39)68-32-36(55-48)26-35-9-5-6-18-53-35/h3-6,9-11,13-15,18-19,25,27-29,36,38,43,55H,1,7-8,12,16-17,20-24,26,30-32H2,2H3,(H,54,56)(H,57,62)/t36-,43-/m0/s1. The molecule has 3 fully saturated rings. The van der Waals surface area contributed by atoms with Crippen LogP contribution in [0.3, 0.4) is 0 Å². The highest BCUT2D eigenvalue weighted by Gasteiger charge is 2.50. The van der Waals surface area contributed by atoms with Crippen molar-refractivity contribution in [1.82, 2.24) is 24.6 Å². The Morgan fingerprint density at radius 2 is 1.78 bits per heavy atom. The molecular formula is C52H55N9O7S. The van der Waals surface area contributed by atoms with Crippen LogP contribution in [0.4, 0.5) is 28.4 Å². The summed E-state index contributed by atoms with van der Waals surface area (Å²) in [6.45, 7) is 10.2. The summed E-state index contributed by atoms with van der Waals surface area (Å²) in [6.07, 6.45) is 11.3. The lowest BCUT2D eigenvalue weighted by Crippen LogP contribution is -2.54. The summed E-state index contributed by atoms with van der Waals surface area (Å²) in [6, 6.07) is 26.4. The molecule has 3 aromatic carbocycles. The number of piperidine rings is 1. The molecule has 2 atom stereocenters. The van der Waals surface area contributed by atoms with Crippen LogP contribution in [0.15, 0.2) is 109 Å². The highest BCUT2D eigenvalue weighted by Crippen LogP contribution is 2.54. The minimum Gasteiger partial charge on any atom is -0.489 e. The monoisotopic (exact) mass is 949 g/mol. The fourth-order valence-corrected chi connectivity index (χ4v) is 12.4. The minimum absolute atomic E-state index is 0.00517. The number of carbonyl (C=O) groups is 1. The highest BCUT2D eigenvalue weighted by atomic mass is 32.2. The van der Waals surface area contributed by atoms with Crippen LogP contribution in [0.1, 0.15) is 85.1 Å². The molecule has 17 heteroatoms. The number of carbonyl (C=O) groups excluding carboxylic acids is 1. The molecule has 3 N–H and O–H groups in total. The molecule has 69 heavy (non-hydrogen) atoms. The van der Waals surface area contributed by atoms with Crippen LogP contribution in [0, 0.1) is 15.5 Å². The number of pyridine rings is 2. The molecule has 356 valence electrons.